The van der Waals surface area contributed by atoms with E-state index in [1.807, 2.05) is 14.1 Å². The lowest BCUT2D eigenvalue weighted by atomic mass is 10.1. The first kappa shape index (κ1) is 14.1. The predicted octanol–water partition coefficient (Wildman–Crippen LogP) is -0.246. The zero-order valence-electron chi connectivity index (χ0n) is 12.0. The van der Waals surface area contributed by atoms with Gasteiger partial charge in [-0.1, -0.05) is 0 Å². The molecule has 108 valence electrons. The minimum Gasteiger partial charge on any atom is -0.461 e. The number of nitrogens with zero attached hydrogens (tertiary/aromatic N) is 7. The average Bonchev–Trinajstić information content (AvgIpc) is 2.89. The van der Waals surface area contributed by atoms with Crippen LogP contribution in [0.15, 0.2) is 12.7 Å². The van der Waals surface area contributed by atoms with Crippen LogP contribution < -0.4 is 10.5 Å². The zero-order chi connectivity index (χ0) is 14.8. The third kappa shape index (κ3) is 3.18. The maximum absolute atomic E-state index is 5.65. The number of ether oxygens (including phenoxy) is 1. The van der Waals surface area contributed by atoms with E-state index in [1.165, 1.54) is 17.3 Å². The van der Waals surface area contributed by atoms with Gasteiger partial charge in [-0.25, -0.2) is 4.98 Å². The standard InChI is InChI=1S/C11H18N8O/c1-11(2,18(3)4)5-20-10-16-8(12)15-9(17-10)19-7-13-6-14-19/h6-7H,5H2,1-4H3,(H2,12,15,16,17). The molecule has 2 aromatic heterocycles. The summed E-state index contributed by atoms with van der Waals surface area (Å²) < 4.78 is 7.00. The van der Waals surface area contributed by atoms with Crippen molar-refractivity contribution in [3.8, 4) is 12.0 Å². The normalized spacial score (nSPS) is 11.8. The Bertz CT molecular complexity index is 566. The highest BCUT2D eigenvalue weighted by molar-refractivity contribution is 5.24. The Labute approximate surface area is 116 Å². The second-order valence-corrected chi connectivity index (χ2v) is 5.11. The highest BCUT2D eigenvalue weighted by Gasteiger charge is 2.22. The van der Waals surface area contributed by atoms with Gasteiger partial charge < -0.3 is 15.4 Å². The summed E-state index contributed by atoms with van der Waals surface area (Å²) in [6.07, 6.45) is 2.86. The summed E-state index contributed by atoms with van der Waals surface area (Å²) in [6.45, 7) is 4.52. The number of anilines is 1. The predicted molar refractivity (Wildman–Crippen MR) is 72.4 cm³/mol. The van der Waals surface area contributed by atoms with E-state index in [0.29, 0.717) is 6.61 Å². The molecule has 2 N–H and O–H groups in total. The number of nitrogen functional groups attached to an aromatic ring is 1. The van der Waals surface area contributed by atoms with Gasteiger partial charge in [0.25, 0.3) is 5.95 Å². The van der Waals surface area contributed by atoms with E-state index in [9.17, 15) is 0 Å². The van der Waals surface area contributed by atoms with Crippen LogP contribution in [0.5, 0.6) is 6.01 Å². The van der Waals surface area contributed by atoms with E-state index in [0.717, 1.165) is 0 Å². The van der Waals surface area contributed by atoms with Gasteiger partial charge in [0, 0.05) is 5.54 Å². The number of aromatic nitrogens is 6. The van der Waals surface area contributed by atoms with Crippen molar-refractivity contribution in [3.63, 3.8) is 0 Å². The molecule has 0 bridgehead atoms. The molecule has 9 heteroatoms. The summed E-state index contributed by atoms with van der Waals surface area (Å²) in [5.41, 5.74) is 5.49. The first-order valence-electron chi connectivity index (χ1n) is 6.05. The molecule has 0 aliphatic carbocycles. The molecule has 0 atom stereocenters. The topological polar surface area (TPSA) is 108 Å². The number of hydrogen-bond donors (Lipinski definition) is 1. The molecule has 2 rings (SSSR count). The molecule has 0 fully saturated rings. The lowest BCUT2D eigenvalue weighted by Gasteiger charge is -2.31. The Morgan fingerprint density at radius 1 is 1.30 bits per heavy atom. The number of rotatable bonds is 5. The molecule has 0 saturated carbocycles. The van der Waals surface area contributed by atoms with Crippen molar-refractivity contribution >= 4 is 5.95 Å². The molecule has 0 spiro atoms. The first-order chi connectivity index (χ1) is 9.38. The van der Waals surface area contributed by atoms with Gasteiger partial charge in [0.05, 0.1) is 0 Å². The van der Waals surface area contributed by atoms with Crippen LogP contribution in [-0.2, 0) is 0 Å². The van der Waals surface area contributed by atoms with Gasteiger partial charge in [-0.2, -0.15) is 24.7 Å². The van der Waals surface area contributed by atoms with Gasteiger partial charge in [-0.3, -0.25) is 0 Å². The fourth-order valence-electron chi connectivity index (χ4n) is 1.21. The number of hydrogen-bond acceptors (Lipinski definition) is 8. The summed E-state index contributed by atoms with van der Waals surface area (Å²) >= 11 is 0. The monoisotopic (exact) mass is 278 g/mol. The largest absolute Gasteiger partial charge is 0.461 e. The Hall–Kier alpha value is -2.29. The minimum absolute atomic E-state index is 0.0724. The van der Waals surface area contributed by atoms with Crippen molar-refractivity contribution < 1.29 is 4.74 Å². The fraction of sp³-hybridized carbons (Fsp3) is 0.545. The molecule has 2 aromatic rings. The Kier molecular flexibility index (Phi) is 3.79. The molecule has 0 aliphatic heterocycles. The van der Waals surface area contributed by atoms with Crippen molar-refractivity contribution in [2.24, 2.45) is 0 Å². The molecule has 0 unspecified atom stereocenters. The third-order valence-electron chi connectivity index (χ3n) is 3.01. The van der Waals surface area contributed by atoms with Gasteiger partial charge in [0.15, 0.2) is 0 Å². The molecule has 0 aliphatic rings. The molecule has 9 nitrogen and oxygen atoms in total. The Balaban J connectivity index is 2.17. The smallest absolute Gasteiger partial charge is 0.323 e. The fourth-order valence-corrected chi connectivity index (χ4v) is 1.21. The Morgan fingerprint density at radius 3 is 2.65 bits per heavy atom. The van der Waals surface area contributed by atoms with Crippen LogP contribution in [0.1, 0.15) is 13.8 Å². The van der Waals surface area contributed by atoms with Gasteiger partial charge in [-0.05, 0) is 27.9 Å². The van der Waals surface area contributed by atoms with Crippen molar-refractivity contribution in [2.45, 2.75) is 19.4 Å². The van der Waals surface area contributed by atoms with Crippen molar-refractivity contribution in [2.75, 3.05) is 26.4 Å². The zero-order valence-corrected chi connectivity index (χ0v) is 12.0. The molecular formula is C11H18N8O. The van der Waals surface area contributed by atoms with Crippen LogP contribution in [0.25, 0.3) is 5.95 Å². The van der Waals surface area contributed by atoms with E-state index in [1.54, 1.807) is 0 Å². The molecule has 0 saturated heterocycles. The van der Waals surface area contributed by atoms with E-state index in [4.69, 9.17) is 10.5 Å². The van der Waals surface area contributed by atoms with Gasteiger partial charge in [0.2, 0.25) is 5.95 Å². The van der Waals surface area contributed by atoms with E-state index < -0.39 is 0 Å². The SMILES string of the molecule is CN(C)C(C)(C)COc1nc(N)nc(-n2cncn2)n1. The second kappa shape index (κ2) is 5.37. The quantitative estimate of drug-likeness (QED) is 0.798. The molecule has 0 radical (unpaired) electrons. The highest BCUT2D eigenvalue weighted by atomic mass is 16.5. The van der Waals surface area contributed by atoms with Crippen molar-refractivity contribution in [3.05, 3.63) is 12.7 Å². The van der Waals surface area contributed by atoms with Gasteiger partial charge >= 0.3 is 6.01 Å². The summed E-state index contributed by atoms with van der Waals surface area (Å²) in [4.78, 5) is 18.0. The van der Waals surface area contributed by atoms with Gasteiger partial charge in [0.1, 0.15) is 19.3 Å². The van der Waals surface area contributed by atoms with Crippen LogP contribution >= 0.6 is 0 Å². The Morgan fingerprint density at radius 2 is 2.05 bits per heavy atom. The van der Waals surface area contributed by atoms with Crippen molar-refractivity contribution in [1.29, 1.82) is 0 Å². The van der Waals surface area contributed by atoms with Crippen LogP contribution in [0.2, 0.25) is 0 Å². The van der Waals surface area contributed by atoms with Gasteiger partial charge in [-0.15, -0.1) is 0 Å². The molecule has 0 amide bonds. The third-order valence-corrected chi connectivity index (χ3v) is 3.01. The van der Waals surface area contributed by atoms with E-state index >= 15 is 0 Å². The molecule has 2 heterocycles. The van der Waals surface area contributed by atoms with Crippen molar-refractivity contribution in [1.82, 2.24) is 34.6 Å². The first-order valence-corrected chi connectivity index (χ1v) is 6.05. The highest BCUT2D eigenvalue weighted by Crippen LogP contribution is 2.13. The summed E-state index contributed by atoms with van der Waals surface area (Å²) in [5, 5.41) is 3.94. The minimum atomic E-state index is -0.158. The van der Waals surface area contributed by atoms with Crippen LogP contribution in [0.4, 0.5) is 5.95 Å². The lowest BCUT2D eigenvalue weighted by Crippen LogP contribution is -2.43. The molecular weight excluding hydrogens is 260 g/mol. The second-order valence-electron chi connectivity index (χ2n) is 5.11. The number of likely N-dealkylation sites (N-methyl/N-ethyl adjacent to an activating group) is 1. The van der Waals surface area contributed by atoms with E-state index in [2.05, 4.69) is 43.8 Å². The summed E-state index contributed by atoms with van der Waals surface area (Å²) in [6, 6.07) is 0.165. The average molecular weight is 278 g/mol. The van der Waals surface area contributed by atoms with Crippen LogP contribution in [0.3, 0.4) is 0 Å². The maximum atomic E-state index is 5.65. The summed E-state index contributed by atoms with van der Waals surface area (Å²) in [7, 11) is 3.96. The van der Waals surface area contributed by atoms with Crippen LogP contribution in [0, 0.1) is 0 Å². The van der Waals surface area contributed by atoms with Crippen LogP contribution in [-0.4, -0.2) is 60.9 Å². The number of nitrogens with two attached hydrogens (primary N) is 1. The maximum Gasteiger partial charge on any atom is 0.323 e. The van der Waals surface area contributed by atoms with E-state index in [-0.39, 0.29) is 23.4 Å². The lowest BCUT2D eigenvalue weighted by molar-refractivity contribution is 0.107. The molecule has 20 heavy (non-hydrogen) atoms. The summed E-state index contributed by atoms with van der Waals surface area (Å²) in [5.74, 6) is 0.343. The molecule has 0 aromatic carbocycles.